The minimum atomic E-state index is -0.321. The highest BCUT2D eigenvalue weighted by molar-refractivity contribution is 6.00. The zero-order valence-corrected chi connectivity index (χ0v) is 17.2. The van der Waals surface area contributed by atoms with Crippen LogP contribution < -0.4 is 10.2 Å². The molecule has 1 aromatic heterocycles. The molecule has 2 aliphatic rings. The van der Waals surface area contributed by atoms with E-state index in [-0.39, 0.29) is 30.2 Å². The van der Waals surface area contributed by atoms with Gasteiger partial charge in [-0.05, 0) is 69.1 Å². The molecular formula is C23H29N3O3. The standard InChI is InChI=1S/C23H29N3O3/c1-16-7-5-8-19(17(16)2)26-15-18(13-22(26)27)23(28)24-14-20(21-9-6-12-29-21)25-10-3-4-11-25/h5-9,12,18,20H,3-4,10-11,13-15H2,1-2H3,(H,24,28)/t18-,20-/m1/s1. The second kappa shape index (κ2) is 8.41. The summed E-state index contributed by atoms with van der Waals surface area (Å²) in [6.07, 6.45) is 4.28. The maximum atomic E-state index is 12.9. The molecule has 0 spiro atoms. The predicted molar refractivity (Wildman–Crippen MR) is 112 cm³/mol. The molecule has 3 heterocycles. The first kappa shape index (κ1) is 19.7. The van der Waals surface area contributed by atoms with Crippen LogP contribution in [0.5, 0.6) is 0 Å². The van der Waals surface area contributed by atoms with Crippen LogP contribution in [0.1, 0.15) is 42.2 Å². The molecule has 6 nitrogen and oxygen atoms in total. The van der Waals surface area contributed by atoms with Crippen LogP contribution in [0, 0.1) is 19.8 Å². The van der Waals surface area contributed by atoms with Crippen molar-refractivity contribution in [3.63, 3.8) is 0 Å². The number of aryl methyl sites for hydroxylation is 1. The maximum absolute atomic E-state index is 12.9. The van der Waals surface area contributed by atoms with E-state index in [1.165, 1.54) is 12.8 Å². The van der Waals surface area contributed by atoms with Gasteiger partial charge in [0.25, 0.3) is 0 Å². The summed E-state index contributed by atoms with van der Waals surface area (Å²) in [5.74, 6) is 0.521. The third-order valence-corrected chi connectivity index (χ3v) is 6.29. The summed E-state index contributed by atoms with van der Waals surface area (Å²) in [5.41, 5.74) is 3.15. The largest absolute Gasteiger partial charge is 0.468 e. The van der Waals surface area contributed by atoms with Gasteiger partial charge in [0.2, 0.25) is 11.8 Å². The number of carbonyl (C=O) groups excluding carboxylic acids is 2. The molecule has 1 aromatic carbocycles. The Bertz CT molecular complexity index is 871. The van der Waals surface area contributed by atoms with Gasteiger partial charge in [0, 0.05) is 25.2 Å². The van der Waals surface area contributed by atoms with Crippen molar-refractivity contribution in [2.24, 2.45) is 5.92 Å². The third-order valence-electron chi connectivity index (χ3n) is 6.29. The van der Waals surface area contributed by atoms with Crippen molar-refractivity contribution in [1.82, 2.24) is 10.2 Å². The average Bonchev–Trinajstić information content (AvgIpc) is 3.46. The molecular weight excluding hydrogens is 366 g/mol. The smallest absolute Gasteiger partial charge is 0.227 e. The van der Waals surface area contributed by atoms with E-state index in [2.05, 4.69) is 10.2 Å². The van der Waals surface area contributed by atoms with Gasteiger partial charge in [-0.25, -0.2) is 0 Å². The van der Waals surface area contributed by atoms with Crippen molar-refractivity contribution in [3.8, 4) is 0 Å². The van der Waals surface area contributed by atoms with E-state index in [9.17, 15) is 9.59 Å². The van der Waals surface area contributed by atoms with E-state index >= 15 is 0 Å². The lowest BCUT2D eigenvalue weighted by Crippen LogP contribution is -2.39. The Morgan fingerprint density at radius 3 is 2.72 bits per heavy atom. The highest BCUT2D eigenvalue weighted by Gasteiger charge is 2.36. The van der Waals surface area contributed by atoms with Gasteiger partial charge in [0.15, 0.2) is 0 Å². The lowest BCUT2D eigenvalue weighted by Gasteiger charge is -2.26. The van der Waals surface area contributed by atoms with Gasteiger partial charge in [-0.1, -0.05) is 12.1 Å². The fourth-order valence-corrected chi connectivity index (χ4v) is 4.43. The number of benzene rings is 1. The summed E-state index contributed by atoms with van der Waals surface area (Å²) < 4.78 is 5.63. The number of rotatable bonds is 6. The summed E-state index contributed by atoms with van der Waals surface area (Å²) in [6.45, 7) is 7.03. The lowest BCUT2D eigenvalue weighted by molar-refractivity contribution is -0.126. The Hall–Kier alpha value is -2.60. The average molecular weight is 396 g/mol. The molecule has 2 saturated heterocycles. The number of nitrogens with one attached hydrogen (secondary N) is 1. The summed E-state index contributed by atoms with van der Waals surface area (Å²) in [6, 6.07) is 9.86. The van der Waals surface area contributed by atoms with E-state index in [0.29, 0.717) is 13.1 Å². The fourth-order valence-electron chi connectivity index (χ4n) is 4.43. The molecule has 2 aromatic rings. The van der Waals surface area contributed by atoms with Crippen molar-refractivity contribution in [2.45, 2.75) is 39.2 Å². The van der Waals surface area contributed by atoms with Gasteiger partial charge < -0.3 is 14.6 Å². The number of hydrogen-bond acceptors (Lipinski definition) is 4. The SMILES string of the molecule is Cc1cccc(N2C[C@H](C(=O)NC[C@H](c3ccco3)N3CCCC3)CC2=O)c1C. The topological polar surface area (TPSA) is 65.8 Å². The van der Waals surface area contributed by atoms with Crippen molar-refractivity contribution >= 4 is 17.5 Å². The first-order valence-corrected chi connectivity index (χ1v) is 10.5. The molecule has 0 bridgehead atoms. The molecule has 4 rings (SSSR count). The second-order valence-electron chi connectivity index (χ2n) is 8.14. The Morgan fingerprint density at radius 2 is 2.00 bits per heavy atom. The number of nitrogens with zero attached hydrogens (tertiary/aromatic N) is 2. The third kappa shape index (κ3) is 4.08. The van der Waals surface area contributed by atoms with Crippen LogP contribution in [-0.4, -0.2) is 42.9 Å². The Morgan fingerprint density at radius 1 is 1.21 bits per heavy atom. The van der Waals surface area contributed by atoms with E-state index in [4.69, 9.17) is 4.42 Å². The summed E-state index contributed by atoms with van der Waals surface area (Å²) in [5, 5.41) is 3.09. The molecule has 2 atom stereocenters. The number of hydrogen-bond donors (Lipinski definition) is 1. The fraction of sp³-hybridized carbons (Fsp3) is 0.478. The van der Waals surface area contributed by atoms with Crippen LogP contribution in [0.15, 0.2) is 41.0 Å². The van der Waals surface area contributed by atoms with E-state index < -0.39 is 0 Å². The van der Waals surface area contributed by atoms with Gasteiger partial charge in [-0.15, -0.1) is 0 Å². The van der Waals surface area contributed by atoms with Gasteiger partial charge in [-0.3, -0.25) is 14.5 Å². The molecule has 0 unspecified atom stereocenters. The van der Waals surface area contributed by atoms with Gasteiger partial charge in [0.1, 0.15) is 5.76 Å². The second-order valence-corrected chi connectivity index (χ2v) is 8.14. The highest BCUT2D eigenvalue weighted by atomic mass is 16.3. The molecule has 2 aliphatic heterocycles. The van der Waals surface area contributed by atoms with E-state index in [1.807, 2.05) is 44.2 Å². The molecule has 0 aliphatic carbocycles. The number of anilines is 1. The van der Waals surface area contributed by atoms with Crippen LogP contribution in [0.4, 0.5) is 5.69 Å². The number of likely N-dealkylation sites (tertiary alicyclic amines) is 1. The predicted octanol–water partition coefficient (Wildman–Crippen LogP) is 3.20. The zero-order chi connectivity index (χ0) is 20.4. The maximum Gasteiger partial charge on any atom is 0.227 e. The number of amides is 2. The molecule has 6 heteroatoms. The minimum absolute atomic E-state index is 0.0148. The molecule has 1 N–H and O–H groups in total. The quantitative estimate of drug-likeness (QED) is 0.816. The van der Waals surface area contributed by atoms with Crippen molar-refractivity contribution in [2.75, 3.05) is 31.1 Å². The molecule has 2 amide bonds. The number of furan rings is 1. The van der Waals surface area contributed by atoms with Crippen LogP contribution in [-0.2, 0) is 9.59 Å². The van der Waals surface area contributed by atoms with Gasteiger partial charge in [-0.2, -0.15) is 0 Å². The molecule has 0 saturated carbocycles. The molecule has 2 fully saturated rings. The monoisotopic (exact) mass is 395 g/mol. The summed E-state index contributed by atoms with van der Waals surface area (Å²) in [4.78, 5) is 29.6. The number of carbonyl (C=O) groups is 2. The van der Waals surface area contributed by atoms with E-state index in [0.717, 1.165) is 35.7 Å². The molecule has 154 valence electrons. The first-order chi connectivity index (χ1) is 14.0. The Kier molecular flexibility index (Phi) is 5.72. The summed E-state index contributed by atoms with van der Waals surface area (Å²) in [7, 11) is 0. The van der Waals surface area contributed by atoms with Crippen LogP contribution in [0.2, 0.25) is 0 Å². The van der Waals surface area contributed by atoms with Crippen molar-refractivity contribution in [1.29, 1.82) is 0 Å². The van der Waals surface area contributed by atoms with Crippen molar-refractivity contribution in [3.05, 3.63) is 53.5 Å². The van der Waals surface area contributed by atoms with Crippen LogP contribution >= 0.6 is 0 Å². The normalized spacial score (nSPS) is 21.0. The molecule has 29 heavy (non-hydrogen) atoms. The zero-order valence-electron chi connectivity index (χ0n) is 17.2. The highest BCUT2D eigenvalue weighted by Crippen LogP contribution is 2.30. The minimum Gasteiger partial charge on any atom is -0.468 e. The van der Waals surface area contributed by atoms with Gasteiger partial charge in [0.05, 0.1) is 18.2 Å². The van der Waals surface area contributed by atoms with Crippen molar-refractivity contribution < 1.29 is 14.0 Å². The van der Waals surface area contributed by atoms with Crippen LogP contribution in [0.3, 0.4) is 0 Å². The van der Waals surface area contributed by atoms with E-state index in [1.54, 1.807) is 11.2 Å². The first-order valence-electron chi connectivity index (χ1n) is 10.5. The lowest BCUT2D eigenvalue weighted by atomic mass is 10.1. The Labute approximate surface area is 171 Å². The summed E-state index contributed by atoms with van der Waals surface area (Å²) >= 11 is 0. The van der Waals surface area contributed by atoms with Gasteiger partial charge >= 0.3 is 0 Å². The molecule has 0 radical (unpaired) electrons. The Balaban J connectivity index is 1.41. The van der Waals surface area contributed by atoms with Crippen LogP contribution in [0.25, 0.3) is 0 Å².